The number of carbonyl (C=O) groups excluding carboxylic acids is 1. The Labute approximate surface area is 155 Å². The number of aromatic nitrogens is 3. The third-order valence-corrected chi connectivity index (χ3v) is 4.58. The van der Waals surface area contributed by atoms with Gasteiger partial charge in [0.25, 0.3) is 0 Å². The lowest BCUT2D eigenvalue weighted by Crippen LogP contribution is -2.22. The van der Waals surface area contributed by atoms with E-state index in [1.165, 1.54) is 19.1 Å². The van der Waals surface area contributed by atoms with Crippen molar-refractivity contribution in [1.29, 1.82) is 0 Å². The van der Waals surface area contributed by atoms with Crippen molar-refractivity contribution in [1.82, 2.24) is 20.3 Å². The van der Waals surface area contributed by atoms with Crippen molar-refractivity contribution < 1.29 is 9.18 Å². The molecule has 0 aliphatic carbocycles. The van der Waals surface area contributed by atoms with Crippen LogP contribution in [0.5, 0.6) is 0 Å². The summed E-state index contributed by atoms with van der Waals surface area (Å²) in [6, 6.07) is 9.00. The average Bonchev–Trinajstić information content (AvgIpc) is 3.26. The topological polar surface area (TPSA) is 85.6 Å². The molecule has 2 heterocycles. The Morgan fingerprint density at radius 3 is 2.96 bits per heavy atom. The Hall–Kier alpha value is -3.35. The van der Waals surface area contributed by atoms with Crippen LogP contribution >= 0.6 is 0 Å². The van der Waals surface area contributed by atoms with E-state index in [0.29, 0.717) is 25.2 Å². The van der Waals surface area contributed by atoms with Gasteiger partial charge < -0.3 is 20.6 Å². The van der Waals surface area contributed by atoms with Gasteiger partial charge in [0, 0.05) is 31.6 Å². The van der Waals surface area contributed by atoms with Gasteiger partial charge in [-0.05, 0) is 41.8 Å². The van der Waals surface area contributed by atoms with Gasteiger partial charge in [-0.1, -0.05) is 6.07 Å². The van der Waals surface area contributed by atoms with Crippen molar-refractivity contribution in [3.8, 4) is 0 Å². The molecule has 0 atom stereocenters. The van der Waals surface area contributed by atoms with Crippen LogP contribution in [0.3, 0.4) is 0 Å². The van der Waals surface area contributed by atoms with Crippen LogP contribution in [-0.4, -0.2) is 27.4 Å². The third-order valence-electron chi connectivity index (χ3n) is 4.58. The van der Waals surface area contributed by atoms with Crippen molar-refractivity contribution in [2.24, 2.45) is 0 Å². The summed E-state index contributed by atoms with van der Waals surface area (Å²) in [5, 5.41) is 6.91. The van der Waals surface area contributed by atoms with Gasteiger partial charge in [-0.25, -0.2) is 9.37 Å². The number of benzene rings is 2. The van der Waals surface area contributed by atoms with Crippen LogP contribution in [0.15, 0.2) is 42.9 Å². The summed E-state index contributed by atoms with van der Waals surface area (Å²) in [5.74, 6) is -0.369. The Balaban J connectivity index is 1.55. The quantitative estimate of drug-likeness (QED) is 0.422. The average molecular weight is 365 g/mol. The number of anilines is 1. The number of fused-ring (bicyclic) bond motifs is 2. The SMILES string of the molecule is CC(=O)NCCc1c[nH]c2c(NCc3ccc4nc[nH]c4c3)cc(F)cc12. The Morgan fingerprint density at radius 1 is 1.22 bits per heavy atom. The van der Waals surface area contributed by atoms with E-state index >= 15 is 0 Å². The summed E-state index contributed by atoms with van der Waals surface area (Å²) < 4.78 is 14.2. The molecule has 0 saturated carbocycles. The molecule has 2 aromatic carbocycles. The van der Waals surface area contributed by atoms with E-state index in [1.54, 1.807) is 6.33 Å². The highest BCUT2D eigenvalue weighted by atomic mass is 19.1. The summed E-state index contributed by atoms with van der Waals surface area (Å²) >= 11 is 0. The lowest BCUT2D eigenvalue weighted by atomic mass is 10.1. The fraction of sp³-hybridized carbons (Fsp3) is 0.200. The van der Waals surface area contributed by atoms with Gasteiger partial charge in [0.05, 0.1) is 28.6 Å². The molecule has 0 spiro atoms. The molecule has 4 rings (SSSR count). The van der Waals surface area contributed by atoms with Crippen LogP contribution in [0.2, 0.25) is 0 Å². The first-order valence-electron chi connectivity index (χ1n) is 8.80. The lowest BCUT2D eigenvalue weighted by molar-refractivity contribution is -0.118. The zero-order chi connectivity index (χ0) is 18.8. The summed E-state index contributed by atoms with van der Waals surface area (Å²) in [6.45, 7) is 2.57. The van der Waals surface area contributed by atoms with Crippen LogP contribution in [0.4, 0.5) is 10.1 Å². The predicted molar refractivity (Wildman–Crippen MR) is 104 cm³/mol. The van der Waals surface area contributed by atoms with E-state index in [4.69, 9.17) is 0 Å². The molecule has 0 aliphatic heterocycles. The van der Waals surface area contributed by atoms with Gasteiger partial charge in [-0.3, -0.25) is 4.79 Å². The molecule has 0 radical (unpaired) electrons. The number of H-pyrrole nitrogens is 2. The molecular weight excluding hydrogens is 345 g/mol. The van der Waals surface area contributed by atoms with E-state index in [9.17, 15) is 9.18 Å². The molecule has 6 nitrogen and oxygen atoms in total. The molecule has 0 saturated heterocycles. The summed E-state index contributed by atoms with van der Waals surface area (Å²) in [7, 11) is 0. The second-order valence-corrected chi connectivity index (χ2v) is 6.53. The van der Waals surface area contributed by atoms with E-state index in [1.807, 2.05) is 24.4 Å². The molecule has 4 aromatic rings. The molecule has 2 aromatic heterocycles. The fourth-order valence-corrected chi connectivity index (χ4v) is 3.26. The van der Waals surface area contributed by atoms with Gasteiger partial charge in [0.15, 0.2) is 0 Å². The zero-order valence-electron chi connectivity index (χ0n) is 14.9. The van der Waals surface area contributed by atoms with E-state index in [-0.39, 0.29) is 11.7 Å². The predicted octanol–water partition coefficient (Wildman–Crippen LogP) is 3.47. The number of hydrogen-bond acceptors (Lipinski definition) is 3. The second-order valence-electron chi connectivity index (χ2n) is 6.53. The van der Waals surface area contributed by atoms with Gasteiger partial charge in [0.2, 0.25) is 5.91 Å². The molecule has 27 heavy (non-hydrogen) atoms. The Kier molecular flexibility index (Phi) is 4.50. The van der Waals surface area contributed by atoms with Gasteiger partial charge in [0.1, 0.15) is 5.82 Å². The first-order valence-corrected chi connectivity index (χ1v) is 8.80. The van der Waals surface area contributed by atoms with Crippen LogP contribution in [0.1, 0.15) is 18.1 Å². The molecule has 0 bridgehead atoms. The third kappa shape index (κ3) is 3.62. The van der Waals surface area contributed by atoms with Crippen LogP contribution in [0, 0.1) is 5.82 Å². The lowest BCUT2D eigenvalue weighted by Gasteiger charge is -2.09. The Bertz CT molecular complexity index is 1110. The molecule has 4 N–H and O–H groups in total. The number of halogens is 1. The van der Waals surface area contributed by atoms with Crippen molar-refractivity contribution in [2.45, 2.75) is 19.9 Å². The van der Waals surface area contributed by atoms with Crippen LogP contribution < -0.4 is 10.6 Å². The summed E-state index contributed by atoms with van der Waals surface area (Å²) in [5.41, 5.74) is 5.50. The first-order chi connectivity index (χ1) is 13.1. The molecule has 138 valence electrons. The molecule has 0 unspecified atom stereocenters. The van der Waals surface area contributed by atoms with Crippen molar-refractivity contribution in [3.63, 3.8) is 0 Å². The van der Waals surface area contributed by atoms with E-state index in [2.05, 4.69) is 25.6 Å². The van der Waals surface area contributed by atoms with E-state index < -0.39 is 0 Å². The Morgan fingerprint density at radius 2 is 2.11 bits per heavy atom. The largest absolute Gasteiger partial charge is 0.379 e. The zero-order valence-corrected chi connectivity index (χ0v) is 14.9. The number of aromatic amines is 2. The molecule has 1 amide bonds. The van der Waals surface area contributed by atoms with E-state index in [0.717, 1.165) is 33.1 Å². The fourth-order valence-electron chi connectivity index (χ4n) is 3.26. The molecule has 7 heteroatoms. The van der Waals surface area contributed by atoms with Gasteiger partial charge in [-0.15, -0.1) is 0 Å². The maximum absolute atomic E-state index is 14.2. The second kappa shape index (κ2) is 7.11. The number of carbonyl (C=O) groups is 1. The van der Waals surface area contributed by atoms with Crippen LogP contribution in [-0.2, 0) is 17.8 Å². The van der Waals surface area contributed by atoms with Crippen molar-refractivity contribution >= 4 is 33.5 Å². The number of imidazole rings is 1. The molecule has 0 fully saturated rings. The van der Waals surface area contributed by atoms with Gasteiger partial charge in [-0.2, -0.15) is 0 Å². The highest BCUT2D eigenvalue weighted by Gasteiger charge is 2.11. The highest BCUT2D eigenvalue weighted by molar-refractivity contribution is 5.93. The smallest absolute Gasteiger partial charge is 0.216 e. The maximum Gasteiger partial charge on any atom is 0.216 e. The maximum atomic E-state index is 14.2. The van der Waals surface area contributed by atoms with Gasteiger partial charge >= 0.3 is 0 Å². The number of nitrogens with zero attached hydrogens (tertiary/aromatic N) is 1. The first kappa shape index (κ1) is 17.1. The molecular formula is C20H20FN5O. The minimum Gasteiger partial charge on any atom is -0.379 e. The number of amides is 1. The number of rotatable bonds is 6. The molecule has 0 aliphatic rings. The minimum atomic E-state index is -0.297. The summed E-state index contributed by atoms with van der Waals surface area (Å²) in [6.07, 6.45) is 4.17. The van der Waals surface area contributed by atoms with Crippen molar-refractivity contribution in [2.75, 3.05) is 11.9 Å². The van der Waals surface area contributed by atoms with Crippen LogP contribution in [0.25, 0.3) is 21.9 Å². The normalized spacial score (nSPS) is 11.2. The highest BCUT2D eigenvalue weighted by Crippen LogP contribution is 2.28. The monoisotopic (exact) mass is 365 g/mol. The number of hydrogen-bond donors (Lipinski definition) is 4. The minimum absolute atomic E-state index is 0.0717. The summed E-state index contributed by atoms with van der Waals surface area (Å²) in [4.78, 5) is 21.6. The number of nitrogens with one attached hydrogen (secondary N) is 4. The standard InChI is InChI=1S/C20H20FN5O/c1-12(27)22-5-4-14-10-24-20-16(14)7-15(21)8-19(20)23-9-13-2-3-17-18(6-13)26-11-25-17/h2-3,6-8,10-11,23-24H,4-5,9H2,1H3,(H,22,27)(H,25,26). The van der Waals surface area contributed by atoms with Crippen molar-refractivity contribution in [3.05, 3.63) is 59.8 Å².